The van der Waals surface area contributed by atoms with Crippen LogP contribution in [0.5, 0.6) is 0 Å². The Morgan fingerprint density at radius 2 is 1.92 bits per heavy atom. The van der Waals surface area contributed by atoms with Gasteiger partial charge in [-0.2, -0.15) is 0 Å². The molecule has 0 amide bonds. The van der Waals surface area contributed by atoms with Crippen molar-refractivity contribution in [1.82, 2.24) is 4.98 Å². The van der Waals surface area contributed by atoms with E-state index in [1.54, 1.807) is 0 Å². The van der Waals surface area contributed by atoms with Crippen LogP contribution in [0.2, 0.25) is 0 Å². The highest BCUT2D eigenvalue weighted by Crippen LogP contribution is 2.36. The average Bonchev–Trinajstić information content (AvgIpc) is 3.02. The molecule has 8 heteroatoms. The first-order chi connectivity index (χ1) is 11.2. The number of hydrogen-bond acceptors (Lipinski definition) is 6. The fourth-order valence-electron chi connectivity index (χ4n) is 2.30. The number of aromatic carboxylic acids is 1. The van der Waals surface area contributed by atoms with Crippen molar-refractivity contribution in [1.29, 1.82) is 0 Å². The number of hydrogen-bond donors (Lipinski definition) is 2. The van der Waals surface area contributed by atoms with E-state index in [0.717, 1.165) is 11.2 Å². The summed E-state index contributed by atoms with van der Waals surface area (Å²) in [7, 11) is -0.442. The molecule has 2 aromatic rings. The van der Waals surface area contributed by atoms with Gasteiger partial charge in [0.05, 0.1) is 11.2 Å². The van der Waals surface area contributed by atoms with Gasteiger partial charge in [0.2, 0.25) is 0 Å². The molecule has 1 aromatic carbocycles. The minimum absolute atomic E-state index is 0.0320. The maximum atomic E-state index is 10.9. The van der Waals surface area contributed by atoms with E-state index in [2.05, 4.69) is 10.3 Å². The van der Waals surface area contributed by atoms with Crippen LogP contribution in [0.25, 0.3) is 0 Å². The Hall–Kier alpha value is -1.90. The minimum Gasteiger partial charge on any atom is -0.476 e. The first-order valence-corrected chi connectivity index (χ1v) is 8.47. The van der Waals surface area contributed by atoms with Crippen molar-refractivity contribution < 1.29 is 19.2 Å². The molecule has 0 bridgehead atoms. The number of nitrogens with zero attached hydrogens (tertiary/aromatic N) is 1. The first kappa shape index (κ1) is 16.9. The Morgan fingerprint density at radius 3 is 2.50 bits per heavy atom. The Balaban J connectivity index is 1.78. The molecular formula is C16H19BN2O4S. The molecule has 0 aliphatic carbocycles. The number of thiazole rings is 1. The third kappa shape index (κ3) is 3.17. The number of benzene rings is 1. The normalized spacial score (nSPS) is 18.6. The van der Waals surface area contributed by atoms with Crippen LogP contribution in [0.1, 0.15) is 38.2 Å². The second-order valence-electron chi connectivity index (χ2n) is 6.68. The largest absolute Gasteiger partial charge is 0.494 e. The molecule has 0 atom stereocenters. The zero-order valence-corrected chi connectivity index (χ0v) is 14.8. The highest BCUT2D eigenvalue weighted by Gasteiger charge is 2.51. The standard InChI is InChI=1S/C16H19BN2O4S/c1-15(2)16(3,4)23-17(22-15)10-6-5-7-11(8-10)18-14-19-12(9-24-14)13(20)21/h5-9H,1-4H3,(H,18,19)(H,20,21). The van der Waals surface area contributed by atoms with E-state index in [1.165, 1.54) is 16.7 Å². The summed E-state index contributed by atoms with van der Waals surface area (Å²) in [5.41, 5.74) is 0.936. The monoisotopic (exact) mass is 346 g/mol. The molecule has 0 saturated carbocycles. The molecule has 0 spiro atoms. The van der Waals surface area contributed by atoms with E-state index in [-0.39, 0.29) is 5.69 Å². The van der Waals surface area contributed by atoms with Crippen LogP contribution in [-0.4, -0.2) is 34.4 Å². The van der Waals surface area contributed by atoms with Gasteiger partial charge >= 0.3 is 13.1 Å². The number of rotatable bonds is 4. The van der Waals surface area contributed by atoms with Crippen LogP contribution < -0.4 is 10.8 Å². The van der Waals surface area contributed by atoms with E-state index >= 15 is 0 Å². The Bertz CT molecular complexity index is 759. The molecule has 6 nitrogen and oxygen atoms in total. The molecule has 1 fully saturated rings. The van der Waals surface area contributed by atoms with Gasteiger partial charge < -0.3 is 19.7 Å². The van der Waals surface area contributed by atoms with Crippen molar-refractivity contribution in [3.05, 3.63) is 35.3 Å². The molecule has 24 heavy (non-hydrogen) atoms. The van der Waals surface area contributed by atoms with Crippen molar-refractivity contribution in [2.24, 2.45) is 0 Å². The molecule has 1 aliphatic rings. The Kier molecular flexibility index (Phi) is 4.15. The van der Waals surface area contributed by atoms with Gasteiger partial charge in [-0.15, -0.1) is 11.3 Å². The lowest BCUT2D eigenvalue weighted by atomic mass is 9.79. The molecule has 3 rings (SSSR count). The predicted octanol–water partition coefficient (Wildman–Crippen LogP) is 2.88. The van der Waals surface area contributed by atoms with Gasteiger partial charge in [-0.1, -0.05) is 12.1 Å². The number of carboxylic acids is 1. The van der Waals surface area contributed by atoms with Crippen molar-refractivity contribution in [2.45, 2.75) is 38.9 Å². The fraction of sp³-hybridized carbons (Fsp3) is 0.375. The zero-order valence-electron chi connectivity index (χ0n) is 14.0. The molecule has 126 valence electrons. The average molecular weight is 346 g/mol. The van der Waals surface area contributed by atoms with E-state index < -0.39 is 24.3 Å². The summed E-state index contributed by atoms with van der Waals surface area (Å²) in [6, 6.07) is 7.65. The van der Waals surface area contributed by atoms with E-state index in [1.807, 2.05) is 52.0 Å². The van der Waals surface area contributed by atoms with E-state index in [4.69, 9.17) is 14.4 Å². The van der Waals surface area contributed by atoms with E-state index in [0.29, 0.717) is 5.13 Å². The predicted molar refractivity (Wildman–Crippen MR) is 94.5 cm³/mol. The van der Waals surface area contributed by atoms with Crippen LogP contribution in [0.15, 0.2) is 29.6 Å². The highest BCUT2D eigenvalue weighted by atomic mass is 32.1. The van der Waals surface area contributed by atoms with Crippen LogP contribution in [0.4, 0.5) is 10.8 Å². The summed E-state index contributed by atoms with van der Waals surface area (Å²) in [6.45, 7) is 8.05. The molecule has 1 aliphatic heterocycles. The topological polar surface area (TPSA) is 80.7 Å². The summed E-state index contributed by atoms with van der Waals surface area (Å²) in [5, 5.41) is 14.1. The van der Waals surface area contributed by atoms with Crippen molar-refractivity contribution in [3.8, 4) is 0 Å². The number of carboxylic acid groups (broad SMARTS) is 1. The molecule has 1 saturated heterocycles. The van der Waals surface area contributed by atoms with Crippen LogP contribution in [0.3, 0.4) is 0 Å². The van der Waals surface area contributed by atoms with Gasteiger partial charge in [0.1, 0.15) is 0 Å². The number of aromatic nitrogens is 1. The van der Waals surface area contributed by atoms with Crippen molar-refractivity contribution >= 4 is 40.7 Å². The lowest BCUT2D eigenvalue weighted by Gasteiger charge is -2.32. The molecule has 2 N–H and O–H groups in total. The van der Waals surface area contributed by atoms with Crippen LogP contribution in [-0.2, 0) is 9.31 Å². The van der Waals surface area contributed by atoms with Crippen LogP contribution >= 0.6 is 11.3 Å². The van der Waals surface area contributed by atoms with Gasteiger partial charge in [-0.25, -0.2) is 9.78 Å². The quantitative estimate of drug-likeness (QED) is 0.829. The lowest BCUT2D eigenvalue weighted by molar-refractivity contribution is 0.00578. The number of nitrogens with one attached hydrogen (secondary N) is 1. The third-order valence-corrected chi connectivity index (χ3v) is 5.14. The second-order valence-corrected chi connectivity index (χ2v) is 7.54. The second kappa shape index (κ2) is 5.88. The Morgan fingerprint density at radius 1 is 1.25 bits per heavy atom. The van der Waals surface area contributed by atoms with Gasteiger partial charge in [-0.3, -0.25) is 0 Å². The highest BCUT2D eigenvalue weighted by molar-refractivity contribution is 7.14. The number of carbonyl (C=O) groups is 1. The zero-order chi connectivity index (χ0) is 17.5. The van der Waals surface area contributed by atoms with Crippen molar-refractivity contribution in [3.63, 3.8) is 0 Å². The summed E-state index contributed by atoms with van der Waals surface area (Å²) in [5.74, 6) is -1.04. The molecule has 1 aromatic heterocycles. The number of anilines is 2. The maximum absolute atomic E-state index is 10.9. The summed E-state index contributed by atoms with van der Waals surface area (Å²) in [4.78, 5) is 14.9. The smallest absolute Gasteiger partial charge is 0.476 e. The lowest BCUT2D eigenvalue weighted by Crippen LogP contribution is -2.41. The summed E-state index contributed by atoms with van der Waals surface area (Å²) < 4.78 is 12.1. The summed E-state index contributed by atoms with van der Waals surface area (Å²) >= 11 is 1.24. The van der Waals surface area contributed by atoms with Gasteiger partial charge in [-0.05, 0) is 45.3 Å². The third-order valence-electron chi connectivity index (χ3n) is 4.39. The maximum Gasteiger partial charge on any atom is 0.494 e. The SMILES string of the molecule is CC1(C)OB(c2cccc(Nc3nc(C(=O)O)cs3)c2)OC1(C)C. The first-order valence-electron chi connectivity index (χ1n) is 7.59. The molecule has 0 unspecified atom stereocenters. The van der Waals surface area contributed by atoms with Gasteiger partial charge in [0, 0.05) is 11.1 Å². The van der Waals surface area contributed by atoms with Gasteiger partial charge in [0.15, 0.2) is 10.8 Å². The molecule has 0 radical (unpaired) electrons. The Labute approximate surface area is 145 Å². The fourth-order valence-corrected chi connectivity index (χ4v) is 3.00. The molecule has 2 heterocycles. The van der Waals surface area contributed by atoms with E-state index in [9.17, 15) is 4.79 Å². The molecular weight excluding hydrogens is 327 g/mol. The summed E-state index contributed by atoms with van der Waals surface area (Å²) in [6.07, 6.45) is 0. The van der Waals surface area contributed by atoms with Gasteiger partial charge in [0.25, 0.3) is 0 Å². The van der Waals surface area contributed by atoms with Crippen LogP contribution in [0, 0.1) is 0 Å². The van der Waals surface area contributed by atoms with Crippen molar-refractivity contribution in [2.75, 3.05) is 5.32 Å². The minimum atomic E-state index is -1.04.